The first-order valence-electron chi connectivity index (χ1n) is 6.61. The smallest absolute Gasteiger partial charge is 0.237 e. The molecule has 1 aliphatic rings. The molecule has 0 spiro atoms. The molecule has 0 radical (unpaired) electrons. The minimum absolute atomic E-state index is 0.175. The number of hydrogen-bond donors (Lipinski definition) is 2. The summed E-state index contributed by atoms with van der Waals surface area (Å²) in [6.45, 7) is 0.355. The van der Waals surface area contributed by atoms with Crippen LogP contribution in [0.1, 0.15) is 24.7 Å². The molecular formula is C12H15N7OS. The predicted molar refractivity (Wildman–Crippen MR) is 77.6 cm³/mol. The summed E-state index contributed by atoms with van der Waals surface area (Å²) in [5, 5.41) is 11.6. The number of carbonyl (C=O) groups excluding carboxylic acids is 1. The number of nitrogens with two attached hydrogens (primary N) is 1. The molecule has 1 aliphatic carbocycles. The standard InChI is InChI=1S/C12H15N7OS/c13-6-9-17-18-12(19(9)8-2-3-8)21-7-10(20)16-11-14-4-1-5-15-11/h1,4-5,8H,2-3,6-7,13H2,(H,14,15,16,20). The molecule has 0 aliphatic heterocycles. The average Bonchev–Trinajstić information content (AvgIpc) is 3.26. The van der Waals surface area contributed by atoms with E-state index in [1.165, 1.54) is 11.8 Å². The van der Waals surface area contributed by atoms with Gasteiger partial charge in [0, 0.05) is 18.4 Å². The monoisotopic (exact) mass is 305 g/mol. The molecule has 0 atom stereocenters. The van der Waals surface area contributed by atoms with Crippen molar-refractivity contribution in [2.45, 2.75) is 30.6 Å². The van der Waals surface area contributed by atoms with Gasteiger partial charge in [-0.1, -0.05) is 11.8 Å². The van der Waals surface area contributed by atoms with Gasteiger partial charge in [0.1, 0.15) is 5.82 Å². The molecule has 0 unspecified atom stereocenters. The molecule has 3 N–H and O–H groups in total. The van der Waals surface area contributed by atoms with Crippen LogP contribution in [0, 0.1) is 0 Å². The maximum absolute atomic E-state index is 11.9. The van der Waals surface area contributed by atoms with E-state index in [1.807, 2.05) is 4.57 Å². The normalized spacial score (nSPS) is 14.1. The van der Waals surface area contributed by atoms with E-state index in [4.69, 9.17) is 5.73 Å². The highest BCUT2D eigenvalue weighted by Gasteiger charge is 2.29. The van der Waals surface area contributed by atoms with Gasteiger partial charge in [0.15, 0.2) is 5.16 Å². The number of rotatable bonds is 6. The number of hydrogen-bond acceptors (Lipinski definition) is 7. The minimum Gasteiger partial charge on any atom is -0.324 e. The van der Waals surface area contributed by atoms with Crippen molar-refractivity contribution in [1.82, 2.24) is 24.7 Å². The van der Waals surface area contributed by atoms with Crippen LogP contribution < -0.4 is 11.1 Å². The second-order valence-electron chi connectivity index (χ2n) is 4.61. The molecule has 0 aromatic carbocycles. The van der Waals surface area contributed by atoms with Crippen LogP contribution in [-0.2, 0) is 11.3 Å². The van der Waals surface area contributed by atoms with Crippen LogP contribution in [0.5, 0.6) is 0 Å². The van der Waals surface area contributed by atoms with Crippen molar-refractivity contribution in [2.75, 3.05) is 11.1 Å². The Bertz CT molecular complexity index is 626. The maximum Gasteiger partial charge on any atom is 0.237 e. The highest BCUT2D eigenvalue weighted by atomic mass is 32.2. The van der Waals surface area contributed by atoms with Gasteiger partial charge in [0.2, 0.25) is 11.9 Å². The highest BCUT2D eigenvalue weighted by Crippen LogP contribution is 2.38. The lowest BCUT2D eigenvalue weighted by atomic mass is 10.5. The zero-order chi connectivity index (χ0) is 14.7. The molecule has 1 fully saturated rings. The summed E-state index contributed by atoms with van der Waals surface area (Å²) in [6.07, 6.45) is 5.38. The van der Waals surface area contributed by atoms with Crippen LogP contribution in [0.3, 0.4) is 0 Å². The summed E-state index contributed by atoms with van der Waals surface area (Å²) < 4.78 is 2.04. The van der Waals surface area contributed by atoms with Crippen molar-refractivity contribution < 1.29 is 4.79 Å². The van der Waals surface area contributed by atoms with Gasteiger partial charge >= 0.3 is 0 Å². The quantitative estimate of drug-likeness (QED) is 0.751. The van der Waals surface area contributed by atoms with Crippen LogP contribution in [0.2, 0.25) is 0 Å². The molecular weight excluding hydrogens is 290 g/mol. The molecule has 9 heteroatoms. The fourth-order valence-corrected chi connectivity index (χ4v) is 2.72. The van der Waals surface area contributed by atoms with Crippen LogP contribution in [0.15, 0.2) is 23.6 Å². The van der Waals surface area contributed by atoms with Gasteiger partial charge in [-0.25, -0.2) is 9.97 Å². The van der Waals surface area contributed by atoms with Crippen LogP contribution >= 0.6 is 11.8 Å². The van der Waals surface area contributed by atoms with Crippen LogP contribution in [0.4, 0.5) is 5.95 Å². The first kappa shape index (κ1) is 14.0. The van der Waals surface area contributed by atoms with Gasteiger partial charge in [-0.2, -0.15) is 0 Å². The van der Waals surface area contributed by atoms with E-state index in [9.17, 15) is 4.79 Å². The molecule has 110 valence electrons. The largest absolute Gasteiger partial charge is 0.324 e. The summed E-state index contributed by atoms with van der Waals surface area (Å²) in [5.74, 6) is 1.13. The number of thioether (sulfide) groups is 1. The van der Waals surface area contributed by atoms with Crippen LogP contribution in [0.25, 0.3) is 0 Å². The third-order valence-electron chi connectivity index (χ3n) is 2.98. The van der Waals surface area contributed by atoms with E-state index in [0.29, 0.717) is 18.5 Å². The lowest BCUT2D eigenvalue weighted by molar-refractivity contribution is -0.113. The number of nitrogens with zero attached hydrogens (tertiary/aromatic N) is 5. The molecule has 8 nitrogen and oxygen atoms in total. The Balaban J connectivity index is 1.60. The van der Waals surface area contributed by atoms with Gasteiger partial charge in [0.05, 0.1) is 12.3 Å². The number of aromatic nitrogens is 5. The van der Waals surface area contributed by atoms with E-state index in [0.717, 1.165) is 23.8 Å². The lowest BCUT2D eigenvalue weighted by Crippen LogP contribution is -2.16. The average molecular weight is 305 g/mol. The van der Waals surface area contributed by atoms with Crippen LogP contribution in [-0.4, -0.2) is 36.4 Å². The molecule has 3 rings (SSSR count). The van der Waals surface area contributed by atoms with Crippen molar-refractivity contribution >= 4 is 23.6 Å². The zero-order valence-corrected chi connectivity index (χ0v) is 12.1. The van der Waals surface area contributed by atoms with Crippen molar-refractivity contribution in [3.8, 4) is 0 Å². The van der Waals surface area contributed by atoms with E-state index >= 15 is 0 Å². The number of anilines is 1. The summed E-state index contributed by atoms with van der Waals surface area (Å²) in [6, 6.07) is 2.12. The molecule has 2 heterocycles. The summed E-state index contributed by atoms with van der Waals surface area (Å²) >= 11 is 1.35. The molecule has 1 amide bonds. The van der Waals surface area contributed by atoms with Gasteiger partial charge in [-0.3, -0.25) is 10.1 Å². The van der Waals surface area contributed by atoms with E-state index in [1.54, 1.807) is 18.5 Å². The fourth-order valence-electron chi connectivity index (χ4n) is 1.90. The van der Waals surface area contributed by atoms with Gasteiger partial charge in [-0.15, -0.1) is 10.2 Å². The lowest BCUT2D eigenvalue weighted by Gasteiger charge is -2.07. The third kappa shape index (κ3) is 3.37. The van der Waals surface area contributed by atoms with Gasteiger partial charge in [-0.05, 0) is 18.9 Å². The first-order chi connectivity index (χ1) is 10.3. The predicted octanol–water partition coefficient (Wildman–Crippen LogP) is 0.592. The Morgan fingerprint density at radius 2 is 2.14 bits per heavy atom. The number of amides is 1. The summed E-state index contributed by atoms with van der Waals surface area (Å²) in [7, 11) is 0. The van der Waals surface area contributed by atoms with Crippen molar-refractivity contribution in [3.05, 3.63) is 24.3 Å². The first-order valence-corrected chi connectivity index (χ1v) is 7.60. The molecule has 0 saturated heterocycles. The van der Waals surface area contributed by atoms with E-state index in [2.05, 4.69) is 25.5 Å². The second-order valence-corrected chi connectivity index (χ2v) is 5.56. The summed E-state index contributed by atoms with van der Waals surface area (Å²) in [5.41, 5.74) is 5.66. The highest BCUT2D eigenvalue weighted by molar-refractivity contribution is 7.99. The topological polar surface area (TPSA) is 112 Å². The molecule has 21 heavy (non-hydrogen) atoms. The van der Waals surface area contributed by atoms with E-state index < -0.39 is 0 Å². The molecule has 2 aromatic rings. The van der Waals surface area contributed by atoms with Crippen molar-refractivity contribution in [2.24, 2.45) is 5.73 Å². The SMILES string of the molecule is NCc1nnc(SCC(=O)Nc2ncccn2)n1C1CC1. The van der Waals surface area contributed by atoms with Gasteiger partial charge < -0.3 is 10.3 Å². The van der Waals surface area contributed by atoms with E-state index in [-0.39, 0.29) is 11.7 Å². The van der Waals surface area contributed by atoms with Crippen molar-refractivity contribution in [3.63, 3.8) is 0 Å². The Hall–Kier alpha value is -2.00. The zero-order valence-electron chi connectivity index (χ0n) is 11.3. The molecule has 1 saturated carbocycles. The number of nitrogens with one attached hydrogen (secondary N) is 1. The maximum atomic E-state index is 11.9. The van der Waals surface area contributed by atoms with Gasteiger partial charge in [0.25, 0.3) is 0 Å². The Morgan fingerprint density at radius 3 is 2.81 bits per heavy atom. The van der Waals surface area contributed by atoms with Crippen molar-refractivity contribution in [1.29, 1.82) is 0 Å². The molecule has 2 aromatic heterocycles. The Morgan fingerprint density at radius 1 is 1.38 bits per heavy atom. The minimum atomic E-state index is -0.175. The molecule has 0 bridgehead atoms. The fraction of sp³-hybridized carbons (Fsp3) is 0.417. The third-order valence-corrected chi connectivity index (χ3v) is 3.92. The Kier molecular flexibility index (Phi) is 4.11. The Labute approximate surface area is 125 Å². The summed E-state index contributed by atoms with van der Waals surface area (Å²) in [4.78, 5) is 19.8. The number of carbonyl (C=O) groups is 1. The second kappa shape index (κ2) is 6.19.